The first kappa shape index (κ1) is 23.0. The van der Waals surface area contributed by atoms with E-state index in [1.807, 2.05) is 0 Å². The van der Waals surface area contributed by atoms with Crippen LogP contribution >= 0.6 is 0 Å². The third-order valence-electron chi connectivity index (χ3n) is 7.29. The molecule has 1 aromatic rings. The molecule has 1 spiro atoms. The summed E-state index contributed by atoms with van der Waals surface area (Å²) in [7, 11) is 0. The number of hydrogen-bond donors (Lipinski definition) is 2. The van der Waals surface area contributed by atoms with Crippen molar-refractivity contribution in [1.82, 2.24) is 15.1 Å². The predicted molar refractivity (Wildman–Crippen MR) is 112 cm³/mol. The molecule has 3 fully saturated rings. The molecule has 0 radical (unpaired) electrons. The minimum Gasteiger partial charge on any atom is -0.393 e. The van der Waals surface area contributed by atoms with Gasteiger partial charge < -0.3 is 15.3 Å². The fourth-order valence-electron chi connectivity index (χ4n) is 5.39. The molecular weight excluding hydrogens is 423 g/mol. The predicted octanol–water partition coefficient (Wildman–Crippen LogP) is 2.66. The molecule has 1 saturated carbocycles. The SMILES string of the molecule is O=C(NCC(=O)N1CCC2(CCN([C@H]3CC[C@@H](O)CC3)C2)C1)c1cccc(C(F)(F)F)c1. The standard InChI is InChI=1S/C23H30F3N3O3/c24-23(25,26)17-3-1-2-16(12-17)21(32)27-13-20(31)29-11-9-22(15-29)8-10-28(14-22)18-4-6-19(30)7-5-18/h1-3,12,18-19,30H,4-11,13-15H2,(H,27,32)/t18-,19+,22?. The zero-order valence-electron chi connectivity index (χ0n) is 18.0. The molecule has 2 N–H and O–H groups in total. The second-order valence-corrected chi connectivity index (χ2v) is 9.51. The van der Waals surface area contributed by atoms with Crippen LogP contribution in [0.1, 0.15) is 54.4 Å². The van der Waals surface area contributed by atoms with Crippen LogP contribution in [0.15, 0.2) is 24.3 Å². The van der Waals surface area contributed by atoms with Gasteiger partial charge in [0.1, 0.15) is 0 Å². The van der Waals surface area contributed by atoms with Crippen molar-refractivity contribution in [3.63, 3.8) is 0 Å². The largest absolute Gasteiger partial charge is 0.416 e. The van der Waals surface area contributed by atoms with Gasteiger partial charge in [-0.1, -0.05) is 6.07 Å². The van der Waals surface area contributed by atoms with Gasteiger partial charge in [0, 0.05) is 36.7 Å². The highest BCUT2D eigenvalue weighted by atomic mass is 19.4. The van der Waals surface area contributed by atoms with Crippen molar-refractivity contribution in [2.24, 2.45) is 5.41 Å². The van der Waals surface area contributed by atoms with Crippen molar-refractivity contribution < 1.29 is 27.9 Å². The van der Waals surface area contributed by atoms with E-state index in [-0.39, 0.29) is 29.5 Å². The van der Waals surface area contributed by atoms with E-state index in [1.54, 1.807) is 4.90 Å². The van der Waals surface area contributed by atoms with E-state index >= 15 is 0 Å². The van der Waals surface area contributed by atoms with Crippen molar-refractivity contribution >= 4 is 11.8 Å². The topological polar surface area (TPSA) is 72.9 Å². The average Bonchev–Trinajstić information content (AvgIpc) is 3.39. The van der Waals surface area contributed by atoms with E-state index in [0.29, 0.717) is 19.1 Å². The molecule has 0 aromatic heterocycles. The molecule has 2 aliphatic heterocycles. The maximum Gasteiger partial charge on any atom is 0.416 e. The number of benzene rings is 1. The van der Waals surface area contributed by atoms with Crippen LogP contribution in [0.4, 0.5) is 13.2 Å². The number of aliphatic hydroxyl groups excluding tert-OH is 1. The molecule has 2 saturated heterocycles. The number of rotatable bonds is 4. The van der Waals surface area contributed by atoms with Crippen molar-refractivity contribution in [3.05, 3.63) is 35.4 Å². The van der Waals surface area contributed by atoms with Crippen molar-refractivity contribution in [2.75, 3.05) is 32.7 Å². The number of likely N-dealkylation sites (tertiary alicyclic amines) is 2. The fraction of sp³-hybridized carbons (Fsp3) is 0.652. The van der Waals surface area contributed by atoms with Crippen LogP contribution in [0.3, 0.4) is 0 Å². The summed E-state index contributed by atoms with van der Waals surface area (Å²) in [4.78, 5) is 29.2. The van der Waals surface area contributed by atoms with Gasteiger partial charge in [0.05, 0.1) is 18.2 Å². The maximum atomic E-state index is 12.9. The van der Waals surface area contributed by atoms with Crippen molar-refractivity contribution in [1.29, 1.82) is 0 Å². The Bertz CT molecular complexity index is 854. The lowest BCUT2D eigenvalue weighted by molar-refractivity contribution is -0.137. The Morgan fingerprint density at radius 1 is 1.09 bits per heavy atom. The number of hydrogen-bond acceptors (Lipinski definition) is 4. The number of nitrogens with one attached hydrogen (secondary N) is 1. The number of amides is 2. The number of aliphatic hydroxyl groups is 1. The normalized spacial score (nSPS) is 28.9. The van der Waals surface area contributed by atoms with E-state index in [4.69, 9.17) is 0 Å². The molecule has 1 aliphatic carbocycles. The molecule has 32 heavy (non-hydrogen) atoms. The van der Waals surface area contributed by atoms with Gasteiger partial charge in [0.25, 0.3) is 5.91 Å². The molecule has 1 aromatic carbocycles. The maximum absolute atomic E-state index is 12.9. The Morgan fingerprint density at radius 3 is 2.53 bits per heavy atom. The summed E-state index contributed by atoms with van der Waals surface area (Å²) in [6.07, 6.45) is 0.993. The smallest absolute Gasteiger partial charge is 0.393 e. The van der Waals surface area contributed by atoms with E-state index in [1.165, 1.54) is 12.1 Å². The van der Waals surface area contributed by atoms with Crippen LogP contribution in [-0.4, -0.2) is 71.6 Å². The summed E-state index contributed by atoms with van der Waals surface area (Å²) in [5.41, 5.74) is -0.928. The Balaban J connectivity index is 1.27. The lowest BCUT2D eigenvalue weighted by Gasteiger charge is -2.34. The van der Waals surface area contributed by atoms with E-state index in [9.17, 15) is 27.9 Å². The summed E-state index contributed by atoms with van der Waals surface area (Å²) in [5, 5.41) is 12.2. The second kappa shape index (κ2) is 9.02. The molecular formula is C23H30F3N3O3. The van der Waals surface area contributed by atoms with Gasteiger partial charge >= 0.3 is 6.18 Å². The highest BCUT2D eigenvalue weighted by Gasteiger charge is 2.46. The number of nitrogens with zero attached hydrogens (tertiary/aromatic N) is 2. The number of halogens is 3. The summed E-state index contributed by atoms with van der Waals surface area (Å²) < 4.78 is 38.6. The van der Waals surface area contributed by atoms with Gasteiger partial charge in [-0.15, -0.1) is 0 Å². The first-order valence-corrected chi connectivity index (χ1v) is 11.3. The van der Waals surface area contributed by atoms with Crippen molar-refractivity contribution in [2.45, 2.75) is 56.8 Å². The molecule has 1 unspecified atom stereocenters. The average molecular weight is 454 g/mol. The van der Waals surface area contributed by atoms with Crippen LogP contribution in [-0.2, 0) is 11.0 Å². The van der Waals surface area contributed by atoms with Crippen LogP contribution < -0.4 is 5.32 Å². The number of carbonyl (C=O) groups excluding carboxylic acids is 2. The van der Waals surface area contributed by atoms with E-state index in [2.05, 4.69) is 10.2 Å². The van der Waals surface area contributed by atoms with Gasteiger partial charge in [-0.3, -0.25) is 14.5 Å². The lowest BCUT2D eigenvalue weighted by Crippen LogP contribution is -2.42. The van der Waals surface area contributed by atoms with Gasteiger partial charge in [-0.25, -0.2) is 0 Å². The minimum absolute atomic E-state index is 0.0801. The van der Waals surface area contributed by atoms with E-state index in [0.717, 1.165) is 63.7 Å². The van der Waals surface area contributed by atoms with Gasteiger partial charge in [0.2, 0.25) is 5.91 Å². The van der Waals surface area contributed by atoms with Crippen LogP contribution in [0.2, 0.25) is 0 Å². The summed E-state index contributed by atoms with van der Waals surface area (Å²) in [6, 6.07) is 4.70. The van der Waals surface area contributed by atoms with Crippen LogP contribution in [0.25, 0.3) is 0 Å². The molecule has 9 heteroatoms. The molecule has 3 aliphatic rings. The monoisotopic (exact) mass is 453 g/mol. The molecule has 0 bridgehead atoms. The zero-order chi connectivity index (χ0) is 22.9. The zero-order valence-corrected chi connectivity index (χ0v) is 18.0. The Hall–Kier alpha value is -2.13. The molecule has 1 atom stereocenters. The lowest BCUT2D eigenvalue weighted by atomic mass is 9.86. The molecule has 6 nitrogen and oxygen atoms in total. The highest BCUT2D eigenvalue weighted by Crippen LogP contribution is 2.41. The minimum atomic E-state index is -4.53. The van der Waals surface area contributed by atoms with Crippen LogP contribution in [0.5, 0.6) is 0 Å². The Labute approximate surface area is 185 Å². The third kappa shape index (κ3) is 5.09. The summed E-state index contributed by atoms with van der Waals surface area (Å²) >= 11 is 0. The van der Waals surface area contributed by atoms with E-state index < -0.39 is 17.6 Å². The van der Waals surface area contributed by atoms with Crippen LogP contribution in [0, 0.1) is 5.41 Å². The molecule has 2 amide bonds. The highest BCUT2D eigenvalue weighted by molar-refractivity contribution is 5.96. The molecule has 2 heterocycles. The quantitative estimate of drug-likeness (QED) is 0.735. The number of carbonyl (C=O) groups is 2. The van der Waals surface area contributed by atoms with Gasteiger partial charge in [-0.05, 0) is 63.3 Å². The second-order valence-electron chi connectivity index (χ2n) is 9.51. The first-order valence-electron chi connectivity index (χ1n) is 11.3. The van der Waals surface area contributed by atoms with Crippen molar-refractivity contribution in [3.8, 4) is 0 Å². The van der Waals surface area contributed by atoms with Gasteiger partial charge in [-0.2, -0.15) is 13.2 Å². The summed E-state index contributed by atoms with van der Waals surface area (Å²) in [5.74, 6) is -0.897. The summed E-state index contributed by atoms with van der Waals surface area (Å²) in [6.45, 7) is 3.02. The Morgan fingerprint density at radius 2 is 1.81 bits per heavy atom. The molecule has 4 rings (SSSR count). The third-order valence-corrected chi connectivity index (χ3v) is 7.29. The Kier molecular flexibility index (Phi) is 6.49. The fourth-order valence-corrected chi connectivity index (χ4v) is 5.39. The number of alkyl halides is 3. The van der Waals surface area contributed by atoms with Gasteiger partial charge in [0.15, 0.2) is 0 Å². The first-order chi connectivity index (χ1) is 15.2. The molecule has 176 valence electrons.